The third kappa shape index (κ3) is 9.96. The molecule has 59 heavy (non-hydrogen) atoms. The van der Waals surface area contributed by atoms with Crippen molar-refractivity contribution in [3.05, 3.63) is 29.6 Å². The molecule has 2 aromatic heterocycles. The number of ether oxygens (including phenoxy) is 3. The van der Waals surface area contributed by atoms with Crippen LogP contribution >= 0.6 is 11.3 Å². The fourth-order valence-corrected chi connectivity index (χ4v) is 9.17. The van der Waals surface area contributed by atoms with Gasteiger partial charge in [0.1, 0.15) is 46.5 Å². The maximum absolute atomic E-state index is 14.5. The van der Waals surface area contributed by atoms with Crippen LogP contribution in [0.2, 0.25) is 0 Å². The zero-order valence-electron chi connectivity index (χ0n) is 34.1. The summed E-state index contributed by atoms with van der Waals surface area (Å²) in [6.07, 6.45) is -4.87. The molecule has 16 nitrogen and oxygen atoms in total. The summed E-state index contributed by atoms with van der Waals surface area (Å²) in [4.78, 5) is 65.8. The Bertz CT molecular complexity index is 2210. The molecule has 4 amide bonds. The summed E-state index contributed by atoms with van der Waals surface area (Å²) in [5.41, 5.74) is -1.59. The second-order valence-corrected chi connectivity index (χ2v) is 19.7. The van der Waals surface area contributed by atoms with E-state index in [0.29, 0.717) is 51.8 Å². The molecule has 1 saturated heterocycles. The first-order valence-corrected chi connectivity index (χ1v) is 21.9. The van der Waals surface area contributed by atoms with Crippen LogP contribution in [0.25, 0.3) is 22.3 Å². The van der Waals surface area contributed by atoms with Crippen molar-refractivity contribution in [3.63, 3.8) is 0 Å². The summed E-state index contributed by atoms with van der Waals surface area (Å²) < 4.78 is 73.2. The molecule has 20 heteroatoms. The number of carbonyl (C=O) groups is 4. The number of hydrogen-bond acceptors (Lipinski definition) is 13. The number of aromatic nitrogens is 2. The van der Waals surface area contributed by atoms with E-state index >= 15 is 0 Å². The van der Waals surface area contributed by atoms with Gasteiger partial charge in [-0.25, -0.2) is 32.0 Å². The minimum Gasteiger partial charge on any atom is -0.497 e. The number of likely N-dealkylation sites (tertiary alicyclic amines) is 1. The van der Waals surface area contributed by atoms with E-state index < -0.39 is 93.1 Å². The van der Waals surface area contributed by atoms with Crippen molar-refractivity contribution in [2.45, 2.75) is 121 Å². The third-order valence-electron chi connectivity index (χ3n) is 10.2. The minimum atomic E-state index is -4.15. The van der Waals surface area contributed by atoms with E-state index in [2.05, 4.69) is 20.9 Å². The Morgan fingerprint density at radius 1 is 1.03 bits per heavy atom. The number of halogens is 2. The molecule has 3 aromatic rings. The maximum atomic E-state index is 14.5. The van der Waals surface area contributed by atoms with Gasteiger partial charge in [0.05, 0.1) is 36.0 Å². The van der Waals surface area contributed by atoms with Crippen LogP contribution in [-0.2, 0) is 29.1 Å². The van der Waals surface area contributed by atoms with Crippen molar-refractivity contribution >= 4 is 61.2 Å². The molecule has 6 rings (SSSR count). The molecule has 0 bridgehead atoms. The van der Waals surface area contributed by atoms with E-state index in [1.54, 1.807) is 58.9 Å². The molecule has 4 N–H and O–H groups in total. The van der Waals surface area contributed by atoms with Gasteiger partial charge in [-0.3, -0.25) is 19.1 Å². The number of alkyl halides is 2. The van der Waals surface area contributed by atoms with Crippen molar-refractivity contribution < 1.29 is 50.6 Å². The highest BCUT2D eigenvalue weighted by molar-refractivity contribution is 7.91. The fourth-order valence-electron chi connectivity index (χ4n) is 6.96. The predicted octanol–water partition coefficient (Wildman–Crippen LogP) is 4.83. The monoisotopic (exact) mass is 863 g/mol. The number of benzene rings is 1. The highest BCUT2D eigenvalue weighted by Gasteiger charge is 2.66. The number of carbonyl (C=O) groups excluding carboxylic acids is 4. The molecule has 5 atom stereocenters. The van der Waals surface area contributed by atoms with E-state index in [4.69, 9.17) is 19.2 Å². The number of anilines is 1. The standard InChI is InChI=1S/C39H51F2N7O9S2/c1-19(2)31(45-37(52)57-38(5,6)7)34(50)48-17-22(14-29(48)33(49)46-39(16-25(39)32(40)41)35(51)47-59(53,54)23-10-11-23)56-30-15-27(28-18-58-36(44-28)42-20(3)4)43-26-13-21(55-8)9-12-24(26)30/h9,12-13,15,18-20,22-23,25,29,31-32H,10-11,14,16-17H2,1-8H3,(H,42,44)(H,45,52)(H,46,49)(H,47,51)/t22-,25+,29?,31+,39+/m1/s1. The first kappa shape index (κ1) is 43.7. The van der Waals surface area contributed by atoms with Gasteiger partial charge in [0, 0.05) is 35.4 Å². The Morgan fingerprint density at radius 2 is 1.75 bits per heavy atom. The van der Waals surface area contributed by atoms with E-state index in [0.717, 1.165) is 0 Å². The molecule has 322 valence electrons. The lowest BCUT2D eigenvalue weighted by Crippen LogP contribution is -2.59. The number of fused-ring (bicyclic) bond motifs is 1. The van der Waals surface area contributed by atoms with Crippen molar-refractivity contribution in [3.8, 4) is 22.9 Å². The van der Waals surface area contributed by atoms with Crippen LogP contribution in [0.4, 0.5) is 18.7 Å². The molecule has 3 heterocycles. The molecule has 2 aliphatic carbocycles. The number of amides is 4. The molecule has 1 aromatic carbocycles. The smallest absolute Gasteiger partial charge is 0.408 e. The van der Waals surface area contributed by atoms with Crippen molar-refractivity contribution in [2.24, 2.45) is 11.8 Å². The molecular weight excluding hydrogens is 813 g/mol. The van der Waals surface area contributed by atoms with Crippen molar-refractivity contribution in [2.75, 3.05) is 19.0 Å². The third-order valence-corrected chi connectivity index (χ3v) is 12.8. The Labute approximate surface area is 345 Å². The van der Waals surface area contributed by atoms with E-state index in [9.17, 15) is 36.4 Å². The van der Waals surface area contributed by atoms with Crippen LogP contribution in [0.1, 0.15) is 74.1 Å². The number of thiazole rings is 1. The van der Waals surface area contributed by atoms with Crippen LogP contribution in [0, 0.1) is 11.8 Å². The van der Waals surface area contributed by atoms with Gasteiger partial charge in [-0.05, 0) is 71.9 Å². The van der Waals surface area contributed by atoms with Gasteiger partial charge in [-0.1, -0.05) is 13.8 Å². The van der Waals surface area contributed by atoms with Gasteiger partial charge >= 0.3 is 6.09 Å². The lowest BCUT2D eigenvalue weighted by atomic mass is 10.0. The Kier molecular flexibility index (Phi) is 12.3. The Balaban J connectivity index is 1.34. The molecule has 3 fully saturated rings. The zero-order valence-corrected chi connectivity index (χ0v) is 35.8. The first-order valence-electron chi connectivity index (χ1n) is 19.4. The summed E-state index contributed by atoms with van der Waals surface area (Å²) in [6.45, 7) is 12.1. The van der Waals surface area contributed by atoms with Crippen molar-refractivity contribution in [1.29, 1.82) is 0 Å². The second-order valence-electron chi connectivity index (χ2n) is 16.9. The van der Waals surface area contributed by atoms with Gasteiger partial charge in [0.25, 0.3) is 5.91 Å². The topological polar surface area (TPSA) is 207 Å². The van der Waals surface area contributed by atoms with Gasteiger partial charge in [-0.2, -0.15) is 0 Å². The molecular formula is C39H51F2N7O9S2. The summed E-state index contributed by atoms with van der Waals surface area (Å²) in [5.74, 6) is -4.23. The van der Waals surface area contributed by atoms with Crippen molar-refractivity contribution in [1.82, 2.24) is 30.2 Å². The Morgan fingerprint density at radius 3 is 2.34 bits per heavy atom. The van der Waals surface area contributed by atoms with Gasteiger partial charge < -0.3 is 35.1 Å². The number of nitrogens with zero attached hydrogens (tertiary/aromatic N) is 3. The Hall–Kier alpha value is -4.85. The number of methoxy groups -OCH3 is 1. The second kappa shape index (κ2) is 16.7. The average Bonchev–Trinajstić information content (AvgIpc) is 4.04. The number of alkyl carbamates (subject to hydrolysis) is 1. The predicted molar refractivity (Wildman–Crippen MR) is 216 cm³/mol. The van der Waals surface area contributed by atoms with Gasteiger partial charge in [0.15, 0.2) is 5.13 Å². The van der Waals surface area contributed by atoms with Crippen LogP contribution in [0.5, 0.6) is 11.5 Å². The average molecular weight is 864 g/mol. The van der Waals surface area contributed by atoms with E-state index in [1.165, 1.54) is 23.3 Å². The molecule has 3 aliphatic rings. The van der Waals surface area contributed by atoms with Crippen LogP contribution < -0.4 is 30.1 Å². The molecule has 0 spiro atoms. The normalized spacial score (nSPS) is 22.3. The number of nitrogens with one attached hydrogen (secondary N) is 4. The van der Waals surface area contributed by atoms with Gasteiger partial charge in [-0.15, -0.1) is 11.3 Å². The quantitative estimate of drug-likeness (QED) is 0.162. The lowest BCUT2D eigenvalue weighted by molar-refractivity contribution is -0.142. The van der Waals surface area contributed by atoms with Crippen LogP contribution in [0.15, 0.2) is 29.6 Å². The number of rotatable bonds is 15. The summed E-state index contributed by atoms with van der Waals surface area (Å²) in [7, 11) is -2.63. The minimum absolute atomic E-state index is 0.135. The number of hydrogen-bond donors (Lipinski definition) is 4. The first-order chi connectivity index (χ1) is 27.6. The molecule has 1 unspecified atom stereocenters. The SMILES string of the molecule is COc1ccc2c(O[C@@H]3CC(C(=O)N[C@@]4(C(=O)NS(=O)(=O)C5CC5)C[C@H]4C(F)F)N(C(=O)[C@@H](NC(=O)OC(C)(C)C)C(C)C)C3)cc(-c3csc(NC(C)C)n3)nc2c1. The maximum Gasteiger partial charge on any atom is 0.408 e. The molecule has 2 saturated carbocycles. The summed E-state index contributed by atoms with van der Waals surface area (Å²) >= 11 is 1.40. The van der Waals surface area contributed by atoms with E-state index in [-0.39, 0.29) is 19.0 Å². The summed E-state index contributed by atoms with van der Waals surface area (Å²) in [5, 5.41) is 10.6. The molecule has 0 radical (unpaired) electrons. The number of pyridine rings is 1. The fraction of sp³-hybridized carbons (Fsp3) is 0.590. The summed E-state index contributed by atoms with van der Waals surface area (Å²) in [6, 6.07) is 4.44. The largest absolute Gasteiger partial charge is 0.497 e. The van der Waals surface area contributed by atoms with E-state index in [1.807, 2.05) is 23.9 Å². The van der Waals surface area contributed by atoms with Crippen LogP contribution in [0.3, 0.4) is 0 Å². The van der Waals surface area contributed by atoms with Gasteiger partial charge in [0.2, 0.25) is 28.3 Å². The zero-order chi connectivity index (χ0) is 43.2. The highest BCUT2D eigenvalue weighted by atomic mass is 32.2. The highest BCUT2D eigenvalue weighted by Crippen LogP contribution is 2.48. The number of sulfonamides is 1. The lowest BCUT2D eigenvalue weighted by Gasteiger charge is -2.31. The molecule has 1 aliphatic heterocycles. The van der Waals surface area contributed by atoms with Crippen LogP contribution in [-0.4, -0.2) is 108 Å².